The Kier molecular flexibility index (Phi) is 5.79. The molecule has 2 heterocycles. The summed E-state index contributed by atoms with van der Waals surface area (Å²) in [6.45, 7) is 16.6. The van der Waals surface area contributed by atoms with E-state index in [4.69, 9.17) is 0 Å². The maximum absolute atomic E-state index is 4.62. The molecule has 1 aromatic heterocycles. The van der Waals surface area contributed by atoms with Crippen molar-refractivity contribution in [1.29, 1.82) is 0 Å². The number of nitrogens with one attached hydrogen (secondary N) is 1. The second-order valence-electron chi connectivity index (χ2n) is 6.22. The molecule has 1 aliphatic rings. The van der Waals surface area contributed by atoms with Gasteiger partial charge in [0.25, 0.3) is 0 Å². The van der Waals surface area contributed by atoms with E-state index in [2.05, 4.69) is 59.6 Å². The number of nitrogens with zero attached hydrogens (tertiary/aromatic N) is 4. The number of hydrogen-bond acceptors (Lipinski definition) is 4. The lowest BCUT2D eigenvalue weighted by Crippen LogP contribution is -2.46. The maximum atomic E-state index is 4.62. The van der Waals surface area contributed by atoms with E-state index in [1.807, 2.05) is 0 Å². The molecule has 0 saturated carbocycles. The molecule has 1 unspecified atom stereocenters. The molecule has 1 aromatic rings. The Morgan fingerprint density at radius 2 is 1.86 bits per heavy atom. The molecular weight excluding hydrogens is 262 g/mol. The van der Waals surface area contributed by atoms with E-state index in [0.29, 0.717) is 6.04 Å². The van der Waals surface area contributed by atoms with Crippen molar-refractivity contribution in [2.45, 2.75) is 40.3 Å². The van der Waals surface area contributed by atoms with E-state index in [1.165, 1.54) is 37.4 Å². The summed E-state index contributed by atoms with van der Waals surface area (Å²) < 4.78 is 2.10. The molecule has 5 heteroatoms. The first-order valence-corrected chi connectivity index (χ1v) is 8.21. The quantitative estimate of drug-likeness (QED) is 0.860. The molecule has 1 N–H and O–H groups in total. The van der Waals surface area contributed by atoms with Crippen LogP contribution in [0.3, 0.4) is 0 Å². The van der Waals surface area contributed by atoms with Gasteiger partial charge in [0.1, 0.15) is 0 Å². The van der Waals surface area contributed by atoms with Crippen molar-refractivity contribution in [1.82, 2.24) is 24.9 Å². The first-order chi connectivity index (χ1) is 10.0. The molecule has 1 fully saturated rings. The lowest BCUT2D eigenvalue weighted by atomic mass is 10.1. The van der Waals surface area contributed by atoms with Gasteiger partial charge in [0, 0.05) is 63.1 Å². The van der Waals surface area contributed by atoms with Crippen LogP contribution in [0.2, 0.25) is 0 Å². The van der Waals surface area contributed by atoms with Gasteiger partial charge in [-0.15, -0.1) is 0 Å². The average molecular weight is 293 g/mol. The Morgan fingerprint density at radius 3 is 2.43 bits per heavy atom. The highest BCUT2D eigenvalue weighted by Gasteiger charge is 2.17. The van der Waals surface area contributed by atoms with E-state index >= 15 is 0 Å². The summed E-state index contributed by atoms with van der Waals surface area (Å²) in [7, 11) is 2.20. The van der Waals surface area contributed by atoms with Crippen LogP contribution < -0.4 is 5.32 Å². The minimum absolute atomic E-state index is 0.373. The zero-order chi connectivity index (χ0) is 15.4. The van der Waals surface area contributed by atoms with Gasteiger partial charge in [-0.3, -0.25) is 9.58 Å². The van der Waals surface area contributed by atoms with Crippen molar-refractivity contribution in [3.05, 3.63) is 17.0 Å². The summed E-state index contributed by atoms with van der Waals surface area (Å²) >= 11 is 0. The second kappa shape index (κ2) is 7.38. The number of aromatic nitrogens is 2. The fourth-order valence-corrected chi connectivity index (χ4v) is 3.26. The summed E-state index contributed by atoms with van der Waals surface area (Å²) in [6.07, 6.45) is 0. The largest absolute Gasteiger partial charge is 0.309 e. The molecule has 1 atom stereocenters. The third-order valence-electron chi connectivity index (χ3n) is 4.64. The SMILES string of the molecule is CCn1nc(C)c(C(C)NCCN2CCN(C)CC2)c1C. The zero-order valence-electron chi connectivity index (χ0n) is 14.3. The van der Waals surface area contributed by atoms with E-state index in [-0.39, 0.29) is 0 Å². The van der Waals surface area contributed by atoms with Crippen LogP contribution in [0, 0.1) is 13.8 Å². The third-order valence-corrected chi connectivity index (χ3v) is 4.64. The molecular formula is C16H31N5. The highest BCUT2D eigenvalue weighted by molar-refractivity contribution is 5.27. The normalized spacial score (nSPS) is 19.1. The molecule has 120 valence electrons. The molecule has 0 radical (unpaired) electrons. The predicted molar refractivity (Wildman–Crippen MR) is 87.7 cm³/mol. The Morgan fingerprint density at radius 1 is 1.19 bits per heavy atom. The average Bonchev–Trinajstić information content (AvgIpc) is 2.75. The van der Waals surface area contributed by atoms with Gasteiger partial charge >= 0.3 is 0 Å². The lowest BCUT2D eigenvalue weighted by Gasteiger charge is -2.32. The minimum Gasteiger partial charge on any atom is -0.309 e. The van der Waals surface area contributed by atoms with E-state index in [0.717, 1.165) is 25.3 Å². The van der Waals surface area contributed by atoms with Gasteiger partial charge in [0.15, 0.2) is 0 Å². The van der Waals surface area contributed by atoms with Crippen molar-refractivity contribution in [2.75, 3.05) is 46.3 Å². The predicted octanol–water partition coefficient (Wildman–Crippen LogP) is 1.42. The zero-order valence-corrected chi connectivity index (χ0v) is 14.3. The first kappa shape index (κ1) is 16.5. The number of aryl methyl sites for hydroxylation is 2. The van der Waals surface area contributed by atoms with Crippen molar-refractivity contribution >= 4 is 0 Å². The van der Waals surface area contributed by atoms with Gasteiger partial charge in [-0.1, -0.05) is 0 Å². The first-order valence-electron chi connectivity index (χ1n) is 8.21. The Labute approximate surface area is 129 Å². The summed E-state index contributed by atoms with van der Waals surface area (Å²) in [5.74, 6) is 0. The van der Waals surface area contributed by atoms with Crippen LogP contribution in [0.5, 0.6) is 0 Å². The highest BCUT2D eigenvalue weighted by atomic mass is 15.3. The summed E-state index contributed by atoms with van der Waals surface area (Å²) in [4.78, 5) is 4.95. The van der Waals surface area contributed by atoms with Gasteiger partial charge in [0.05, 0.1) is 5.69 Å². The molecule has 2 rings (SSSR count). The number of piperazine rings is 1. The molecule has 0 amide bonds. The van der Waals surface area contributed by atoms with Crippen molar-refractivity contribution in [2.24, 2.45) is 0 Å². The van der Waals surface area contributed by atoms with Crippen LogP contribution in [0.1, 0.15) is 36.8 Å². The molecule has 5 nitrogen and oxygen atoms in total. The molecule has 0 aromatic carbocycles. The fourth-order valence-electron chi connectivity index (χ4n) is 3.26. The van der Waals surface area contributed by atoms with Gasteiger partial charge in [0.2, 0.25) is 0 Å². The van der Waals surface area contributed by atoms with E-state index < -0.39 is 0 Å². The van der Waals surface area contributed by atoms with Crippen LogP contribution in [0.15, 0.2) is 0 Å². The Balaban J connectivity index is 1.82. The standard InChI is InChI=1S/C16H31N5/c1-6-21-15(4)16(14(3)18-21)13(2)17-7-8-20-11-9-19(5)10-12-20/h13,17H,6-12H2,1-5H3. The molecule has 0 aliphatic carbocycles. The molecule has 0 spiro atoms. The topological polar surface area (TPSA) is 36.3 Å². The lowest BCUT2D eigenvalue weighted by molar-refractivity contribution is 0.154. The highest BCUT2D eigenvalue weighted by Crippen LogP contribution is 2.21. The van der Waals surface area contributed by atoms with Crippen LogP contribution in [0.25, 0.3) is 0 Å². The molecule has 1 saturated heterocycles. The summed E-state index contributed by atoms with van der Waals surface area (Å²) in [5.41, 5.74) is 3.83. The van der Waals surface area contributed by atoms with Gasteiger partial charge in [-0.25, -0.2) is 0 Å². The van der Waals surface area contributed by atoms with Crippen LogP contribution in [-0.4, -0.2) is 65.9 Å². The van der Waals surface area contributed by atoms with Gasteiger partial charge in [-0.2, -0.15) is 5.10 Å². The second-order valence-corrected chi connectivity index (χ2v) is 6.22. The third kappa shape index (κ3) is 4.05. The number of likely N-dealkylation sites (N-methyl/N-ethyl adjacent to an activating group) is 1. The smallest absolute Gasteiger partial charge is 0.0644 e. The van der Waals surface area contributed by atoms with Gasteiger partial charge < -0.3 is 10.2 Å². The van der Waals surface area contributed by atoms with E-state index in [9.17, 15) is 0 Å². The number of hydrogen-bond donors (Lipinski definition) is 1. The monoisotopic (exact) mass is 293 g/mol. The maximum Gasteiger partial charge on any atom is 0.0644 e. The van der Waals surface area contributed by atoms with Crippen molar-refractivity contribution in [3.63, 3.8) is 0 Å². The molecule has 0 bridgehead atoms. The Bertz CT molecular complexity index is 446. The Hall–Kier alpha value is -0.910. The summed E-state index contributed by atoms with van der Waals surface area (Å²) in [5, 5.41) is 8.28. The van der Waals surface area contributed by atoms with Crippen molar-refractivity contribution in [3.8, 4) is 0 Å². The van der Waals surface area contributed by atoms with Gasteiger partial charge in [-0.05, 0) is 34.7 Å². The van der Waals surface area contributed by atoms with Crippen LogP contribution in [-0.2, 0) is 6.54 Å². The summed E-state index contributed by atoms with van der Waals surface area (Å²) in [6, 6.07) is 0.373. The fraction of sp³-hybridized carbons (Fsp3) is 0.812. The van der Waals surface area contributed by atoms with Crippen LogP contribution >= 0.6 is 0 Å². The van der Waals surface area contributed by atoms with Crippen LogP contribution in [0.4, 0.5) is 0 Å². The molecule has 21 heavy (non-hydrogen) atoms. The minimum atomic E-state index is 0.373. The van der Waals surface area contributed by atoms with Crippen molar-refractivity contribution < 1.29 is 0 Å². The number of rotatable bonds is 6. The van der Waals surface area contributed by atoms with E-state index in [1.54, 1.807) is 0 Å². The molecule has 1 aliphatic heterocycles.